The van der Waals surface area contributed by atoms with Gasteiger partial charge in [-0.25, -0.2) is 0 Å². The average molecular weight is 688 g/mol. The number of nitrogens with one attached hydrogen (secondary N) is 2. The number of rotatable bonds is 17. The molecular weight excluding hydrogens is 639 g/mol. The van der Waals surface area contributed by atoms with Crippen molar-refractivity contribution >= 4 is 40.5 Å². The molecule has 0 fully saturated rings. The zero-order valence-corrected chi connectivity index (χ0v) is 29.9. The largest absolute Gasteiger partial charge is 0.610 e. The Morgan fingerprint density at radius 2 is 1.82 bits per heavy atom. The Kier molecular flexibility index (Phi) is 13.3. The summed E-state index contributed by atoms with van der Waals surface area (Å²) in [6, 6.07) is 17.8. The van der Waals surface area contributed by atoms with Crippen LogP contribution in [0.2, 0.25) is 0 Å². The summed E-state index contributed by atoms with van der Waals surface area (Å²) in [5.41, 5.74) is 7.83. The SMILES string of the molecule is CCCCOCCOc1ccc(-c2ccc3c(c2)C=C(C(=O)Nc2ccc([S+]([O-])CC4=NNCN4CCC)nn2)CCN3CC(C)C)cc1. The predicted molar refractivity (Wildman–Crippen MR) is 197 cm³/mol. The summed E-state index contributed by atoms with van der Waals surface area (Å²) in [4.78, 5) is 18.0. The van der Waals surface area contributed by atoms with Crippen LogP contribution in [0.25, 0.3) is 17.2 Å². The number of hydrogen-bond donors (Lipinski definition) is 2. The molecule has 49 heavy (non-hydrogen) atoms. The number of fused-ring (bicyclic) bond motifs is 1. The van der Waals surface area contributed by atoms with Crippen LogP contribution in [0.1, 0.15) is 58.9 Å². The molecule has 262 valence electrons. The van der Waals surface area contributed by atoms with Gasteiger partial charge in [0.05, 0.1) is 6.61 Å². The van der Waals surface area contributed by atoms with Gasteiger partial charge >= 0.3 is 0 Å². The van der Waals surface area contributed by atoms with Gasteiger partial charge in [-0.05, 0) is 78.3 Å². The fourth-order valence-electron chi connectivity index (χ4n) is 5.76. The predicted octanol–water partition coefficient (Wildman–Crippen LogP) is 5.92. The van der Waals surface area contributed by atoms with Gasteiger partial charge in [0.25, 0.3) is 10.9 Å². The van der Waals surface area contributed by atoms with Gasteiger partial charge in [-0.2, -0.15) is 5.10 Å². The number of hydrogen-bond acceptors (Lipinski definition) is 10. The second-order valence-corrected chi connectivity index (χ2v) is 14.1. The summed E-state index contributed by atoms with van der Waals surface area (Å²) < 4.78 is 24.4. The molecular formula is C37H49N7O4S. The molecule has 1 unspecified atom stereocenters. The third-order valence-corrected chi connectivity index (χ3v) is 9.46. The van der Waals surface area contributed by atoms with Crippen molar-refractivity contribution in [1.29, 1.82) is 0 Å². The fraction of sp³-hybridized carbons (Fsp3) is 0.459. The summed E-state index contributed by atoms with van der Waals surface area (Å²) in [5, 5.41) is 15.9. The lowest BCUT2D eigenvalue weighted by Gasteiger charge is -2.27. The zero-order chi connectivity index (χ0) is 34.6. The number of anilines is 2. The van der Waals surface area contributed by atoms with Crippen LogP contribution in [0.3, 0.4) is 0 Å². The van der Waals surface area contributed by atoms with Crippen molar-refractivity contribution in [3.63, 3.8) is 0 Å². The van der Waals surface area contributed by atoms with Crippen LogP contribution in [-0.2, 0) is 20.7 Å². The van der Waals surface area contributed by atoms with Gasteiger partial charge < -0.3 is 29.1 Å². The Hall–Kier alpha value is -4.13. The number of hydrazone groups is 1. The quantitative estimate of drug-likeness (QED) is 0.131. The molecule has 2 N–H and O–H groups in total. The van der Waals surface area contributed by atoms with E-state index in [0.29, 0.717) is 48.6 Å². The first kappa shape index (κ1) is 36.2. The molecule has 0 saturated carbocycles. The number of carbonyl (C=O) groups is 1. The summed E-state index contributed by atoms with van der Waals surface area (Å²) in [5.74, 6) is 2.35. The molecule has 0 bridgehead atoms. The monoisotopic (exact) mass is 687 g/mol. The molecule has 2 aromatic carbocycles. The van der Waals surface area contributed by atoms with Crippen LogP contribution < -0.4 is 20.4 Å². The van der Waals surface area contributed by atoms with Crippen LogP contribution in [0, 0.1) is 5.92 Å². The van der Waals surface area contributed by atoms with Crippen molar-refractivity contribution in [3.8, 4) is 16.9 Å². The number of benzene rings is 2. The topological polar surface area (TPSA) is 127 Å². The van der Waals surface area contributed by atoms with E-state index in [-0.39, 0.29) is 11.7 Å². The highest BCUT2D eigenvalue weighted by atomic mass is 32.2. The summed E-state index contributed by atoms with van der Waals surface area (Å²) in [6.45, 7) is 13.6. The maximum absolute atomic E-state index is 13.6. The number of amides is 1. The summed E-state index contributed by atoms with van der Waals surface area (Å²) in [6.07, 6.45) is 5.72. The first-order chi connectivity index (χ1) is 23.8. The number of nitrogens with zero attached hydrogens (tertiary/aromatic N) is 5. The molecule has 3 aromatic rings. The van der Waals surface area contributed by atoms with E-state index in [1.807, 2.05) is 18.2 Å². The van der Waals surface area contributed by atoms with E-state index >= 15 is 0 Å². The first-order valence-electron chi connectivity index (χ1n) is 17.3. The van der Waals surface area contributed by atoms with E-state index in [0.717, 1.165) is 79.5 Å². The smallest absolute Gasteiger partial charge is 0.264 e. The van der Waals surface area contributed by atoms with E-state index in [4.69, 9.17) is 9.47 Å². The highest BCUT2D eigenvalue weighted by Crippen LogP contribution is 2.33. The molecule has 2 aliphatic heterocycles. The second-order valence-electron chi connectivity index (χ2n) is 12.7. The van der Waals surface area contributed by atoms with Crippen molar-refractivity contribution in [1.82, 2.24) is 20.5 Å². The number of ether oxygens (including phenoxy) is 2. The molecule has 2 aliphatic rings. The maximum Gasteiger partial charge on any atom is 0.264 e. The van der Waals surface area contributed by atoms with E-state index in [1.165, 1.54) is 0 Å². The van der Waals surface area contributed by atoms with Gasteiger partial charge in [-0.15, -0.1) is 5.10 Å². The molecule has 11 nitrogen and oxygen atoms in total. The summed E-state index contributed by atoms with van der Waals surface area (Å²) in [7, 11) is 0. The van der Waals surface area contributed by atoms with Gasteiger partial charge in [0, 0.05) is 54.7 Å². The number of aromatic nitrogens is 2. The van der Waals surface area contributed by atoms with Crippen LogP contribution in [0.5, 0.6) is 5.75 Å². The standard InChI is InChI=1S/C37H49N7O4S/c1-5-7-19-47-20-21-48-32-11-8-28(9-12-32)29-10-13-33-31(22-29)23-30(16-18-43(33)24-27(3)4)37(45)39-34-14-15-36(42-40-34)49(46)25-35-41-38-26-44(35)17-6-2/h8-15,22-23,27,38H,5-7,16-21,24-26H2,1-4H3,(H,39,40,45). The van der Waals surface area contributed by atoms with Crippen molar-refractivity contribution in [2.45, 2.75) is 58.4 Å². The normalized spacial score (nSPS) is 14.9. The van der Waals surface area contributed by atoms with E-state index in [1.54, 1.807) is 12.1 Å². The Bertz CT molecular complexity index is 1580. The minimum atomic E-state index is -1.41. The zero-order valence-electron chi connectivity index (χ0n) is 29.1. The van der Waals surface area contributed by atoms with Crippen molar-refractivity contribution in [3.05, 3.63) is 65.7 Å². The highest BCUT2D eigenvalue weighted by molar-refractivity contribution is 7.92. The van der Waals surface area contributed by atoms with E-state index < -0.39 is 11.2 Å². The Morgan fingerprint density at radius 1 is 1.00 bits per heavy atom. The first-order valence-corrected chi connectivity index (χ1v) is 18.6. The number of unbranched alkanes of at least 4 members (excludes halogenated alkanes) is 1. The average Bonchev–Trinajstić information content (AvgIpc) is 3.45. The molecule has 1 amide bonds. The lowest BCUT2D eigenvalue weighted by Crippen LogP contribution is -2.34. The van der Waals surface area contributed by atoms with E-state index in [2.05, 4.69) is 93.9 Å². The number of amidine groups is 1. The van der Waals surface area contributed by atoms with Gasteiger partial charge in [0.2, 0.25) is 0 Å². The van der Waals surface area contributed by atoms with Crippen molar-refractivity contribution in [2.75, 3.05) is 62.1 Å². The Labute approximate surface area is 293 Å². The van der Waals surface area contributed by atoms with Crippen LogP contribution in [0.4, 0.5) is 11.5 Å². The van der Waals surface area contributed by atoms with Crippen LogP contribution >= 0.6 is 0 Å². The second kappa shape index (κ2) is 18.0. The van der Waals surface area contributed by atoms with Crippen LogP contribution in [0.15, 0.2) is 70.3 Å². The molecule has 3 heterocycles. The molecule has 0 saturated heterocycles. The summed E-state index contributed by atoms with van der Waals surface area (Å²) >= 11 is -1.41. The van der Waals surface area contributed by atoms with Crippen molar-refractivity contribution in [2.24, 2.45) is 11.0 Å². The lowest BCUT2D eigenvalue weighted by atomic mass is 10.00. The Balaban J connectivity index is 1.26. The van der Waals surface area contributed by atoms with E-state index in [9.17, 15) is 9.35 Å². The van der Waals surface area contributed by atoms with Gasteiger partial charge in [-0.1, -0.05) is 57.4 Å². The van der Waals surface area contributed by atoms with Gasteiger partial charge in [0.1, 0.15) is 19.0 Å². The molecule has 0 aliphatic carbocycles. The molecule has 0 spiro atoms. The molecule has 0 radical (unpaired) electrons. The lowest BCUT2D eigenvalue weighted by molar-refractivity contribution is -0.112. The molecule has 1 atom stereocenters. The third-order valence-electron chi connectivity index (χ3n) is 8.26. The van der Waals surface area contributed by atoms with Crippen molar-refractivity contribution < 1.29 is 18.8 Å². The van der Waals surface area contributed by atoms with Crippen LogP contribution in [-0.4, -0.2) is 83.3 Å². The minimum absolute atomic E-state index is 0.229. The highest BCUT2D eigenvalue weighted by Gasteiger charge is 2.25. The third kappa shape index (κ3) is 10.2. The molecule has 1 aromatic heterocycles. The fourth-order valence-corrected chi connectivity index (χ4v) is 6.75. The number of carbonyl (C=O) groups excluding carboxylic acids is 1. The van der Waals surface area contributed by atoms with Gasteiger partial charge in [0.15, 0.2) is 17.4 Å². The molecule has 5 rings (SSSR count). The van der Waals surface area contributed by atoms with Gasteiger partial charge in [-0.3, -0.25) is 10.2 Å². The molecule has 12 heteroatoms. The maximum atomic E-state index is 13.6. The minimum Gasteiger partial charge on any atom is -0.610 e. The Morgan fingerprint density at radius 3 is 2.55 bits per heavy atom.